The number of hydrogen-bond donors (Lipinski definition) is 1. The Morgan fingerprint density at radius 3 is 2.70 bits per heavy atom. The number of benzene rings is 2. The molecule has 1 aromatic heterocycles. The molecule has 3 aromatic rings. The van der Waals surface area contributed by atoms with Crippen molar-refractivity contribution in [3.8, 4) is 11.5 Å². The molecule has 1 amide bonds. The van der Waals surface area contributed by atoms with Crippen LogP contribution in [0.2, 0.25) is 5.02 Å². The Labute approximate surface area is 170 Å². The number of carbonyl (C=O) groups is 1. The second-order valence-corrected chi connectivity index (χ2v) is 6.87. The molecule has 0 aliphatic rings. The van der Waals surface area contributed by atoms with Crippen molar-refractivity contribution in [2.45, 2.75) is 6.54 Å². The largest absolute Gasteiger partial charge is 0.493 e. The zero-order valence-electron chi connectivity index (χ0n) is 14.7. The monoisotopic (exact) mass is 449 g/mol. The summed E-state index contributed by atoms with van der Waals surface area (Å²) >= 11 is 9.71. The summed E-state index contributed by atoms with van der Waals surface area (Å²) in [4.78, 5) is 12.7. The number of halogens is 2. The van der Waals surface area contributed by atoms with Crippen molar-refractivity contribution in [3.05, 3.63) is 69.3 Å². The smallest absolute Gasteiger partial charge is 0.257 e. The van der Waals surface area contributed by atoms with Gasteiger partial charge in [0.1, 0.15) is 5.82 Å². The van der Waals surface area contributed by atoms with E-state index in [0.717, 1.165) is 10.0 Å². The molecule has 1 N–H and O–H groups in total. The van der Waals surface area contributed by atoms with Crippen LogP contribution >= 0.6 is 27.5 Å². The summed E-state index contributed by atoms with van der Waals surface area (Å²) in [6.45, 7) is 0.511. The summed E-state index contributed by atoms with van der Waals surface area (Å²) in [5, 5.41) is 7.44. The van der Waals surface area contributed by atoms with Gasteiger partial charge >= 0.3 is 0 Å². The highest BCUT2D eigenvalue weighted by atomic mass is 79.9. The van der Waals surface area contributed by atoms with E-state index in [1.165, 1.54) is 20.3 Å². The molecule has 2 aromatic carbocycles. The van der Waals surface area contributed by atoms with E-state index in [2.05, 4.69) is 26.3 Å². The van der Waals surface area contributed by atoms with Crippen LogP contribution in [-0.2, 0) is 6.54 Å². The summed E-state index contributed by atoms with van der Waals surface area (Å²) in [6, 6.07) is 12.7. The van der Waals surface area contributed by atoms with Crippen molar-refractivity contribution >= 4 is 39.3 Å². The Bertz CT molecular complexity index is 975. The van der Waals surface area contributed by atoms with Crippen molar-refractivity contribution in [2.24, 2.45) is 0 Å². The predicted octanol–water partition coefficient (Wildman–Crippen LogP) is 4.62. The lowest BCUT2D eigenvalue weighted by molar-refractivity contribution is 0.102. The molecule has 0 aliphatic heterocycles. The molecule has 0 atom stereocenters. The highest BCUT2D eigenvalue weighted by Crippen LogP contribution is 2.36. The van der Waals surface area contributed by atoms with Gasteiger partial charge in [0.05, 0.1) is 32.0 Å². The van der Waals surface area contributed by atoms with Crippen LogP contribution in [0.1, 0.15) is 15.9 Å². The number of anilines is 1. The lowest BCUT2D eigenvalue weighted by Crippen LogP contribution is -2.16. The van der Waals surface area contributed by atoms with Crippen LogP contribution in [0.5, 0.6) is 11.5 Å². The summed E-state index contributed by atoms with van der Waals surface area (Å²) < 4.78 is 13.1. The van der Waals surface area contributed by atoms with Gasteiger partial charge in [-0.15, -0.1) is 0 Å². The second kappa shape index (κ2) is 8.45. The lowest BCUT2D eigenvalue weighted by Gasteiger charge is -2.13. The number of ether oxygens (including phenoxy) is 2. The standard InChI is InChI=1S/C19H17BrClN3O3/c1-26-16-10-13(9-15(21)18(16)27-2)19(25)23-17-7-8-22-24(17)11-12-5-3-4-6-14(12)20/h3-10H,11H2,1-2H3,(H,23,25). The van der Waals surface area contributed by atoms with Crippen LogP contribution in [0.4, 0.5) is 5.82 Å². The predicted molar refractivity (Wildman–Crippen MR) is 108 cm³/mol. The number of carbonyl (C=O) groups excluding carboxylic acids is 1. The number of methoxy groups -OCH3 is 2. The summed E-state index contributed by atoms with van der Waals surface area (Å²) in [7, 11) is 2.98. The Morgan fingerprint density at radius 2 is 2.00 bits per heavy atom. The molecule has 0 unspecified atom stereocenters. The van der Waals surface area contributed by atoms with Crippen LogP contribution in [0.15, 0.2) is 53.1 Å². The van der Waals surface area contributed by atoms with E-state index in [9.17, 15) is 4.79 Å². The minimum atomic E-state index is -0.327. The number of amides is 1. The SMILES string of the molecule is COc1cc(C(=O)Nc2ccnn2Cc2ccccc2Br)cc(Cl)c1OC. The van der Waals surface area contributed by atoms with Crippen molar-refractivity contribution in [3.63, 3.8) is 0 Å². The van der Waals surface area contributed by atoms with Crippen LogP contribution in [-0.4, -0.2) is 29.9 Å². The van der Waals surface area contributed by atoms with Crippen molar-refractivity contribution in [1.82, 2.24) is 9.78 Å². The van der Waals surface area contributed by atoms with Gasteiger partial charge in [-0.2, -0.15) is 5.10 Å². The van der Waals surface area contributed by atoms with Gasteiger partial charge in [-0.05, 0) is 23.8 Å². The Morgan fingerprint density at radius 1 is 1.22 bits per heavy atom. The number of aromatic nitrogens is 2. The first-order chi connectivity index (χ1) is 13.0. The van der Waals surface area contributed by atoms with Crippen LogP contribution in [0.25, 0.3) is 0 Å². The van der Waals surface area contributed by atoms with Gasteiger partial charge in [0.15, 0.2) is 11.5 Å². The fraction of sp³-hybridized carbons (Fsp3) is 0.158. The second-order valence-electron chi connectivity index (χ2n) is 5.61. The van der Waals surface area contributed by atoms with E-state index in [1.54, 1.807) is 23.0 Å². The normalized spacial score (nSPS) is 10.5. The minimum absolute atomic E-state index is 0.295. The molecule has 0 bridgehead atoms. The molecule has 6 nitrogen and oxygen atoms in total. The van der Waals surface area contributed by atoms with Crippen molar-refractivity contribution in [2.75, 3.05) is 19.5 Å². The highest BCUT2D eigenvalue weighted by molar-refractivity contribution is 9.10. The number of nitrogens with one attached hydrogen (secondary N) is 1. The molecule has 1 heterocycles. The zero-order chi connectivity index (χ0) is 19.4. The van der Waals surface area contributed by atoms with Crippen molar-refractivity contribution < 1.29 is 14.3 Å². The molecule has 0 saturated carbocycles. The zero-order valence-corrected chi connectivity index (χ0v) is 17.0. The minimum Gasteiger partial charge on any atom is -0.493 e. The molecule has 27 heavy (non-hydrogen) atoms. The number of rotatable bonds is 6. The van der Waals surface area contributed by atoms with E-state index < -0.39 is 0 Å². The maximum absolute atomic E-state index is 12.7. The molecule has 0 radical (unpaired) electrons. The van der Waals surface area contributed by atoms with Crippen LogP contribution in [0.3, 0.4) is 0 Å². The third kappa shape index (κ3) is 4.26. The first-order valence-corrected chi connectivity index (χ1v) is 9.18. The van der Waals surface area contributed by atoms with Gasteiger partial charge in [-0.1, -0.05) is 45.7 Å². The van der Waals surface area contributed by atoms with Gasteiger partial charge in [-0.25, -0.2) is 4.68 Å². The van der Waals surface area contributed by atoms with E-state index in [4.69, 9.17) is 21.1 Å². The molecule has 0 fully saturated rings. The average Bonchev–Trinajstić information content (AvgIpc) is 3.09. The van der Waals surface area contributed by atoms with Crippen LogP contribution < -0.4 is 14.8 Å². The first-order valence-electron chi connectivity index (χ1n) is 8.01. The molecular formula is C19H17BrClN3O3. The van der Waals surface area contributed by atoms with Crippen LogP contribution in [0, 0.1) is 0 Å². The van der Waals surface area contributed by atoms with E-state index >= 15 is 0 Å². The average molecular weight is 451 g/mol. The summed E-state index contributed by atoms with van der Waals surface area (Å²) in [6.07, 6.45) is 1.63. The lowest BCUT2D eigenvalue weighted by atomic mass is 10.2. The fourth-order valence-electron chi connectivity index (χ4n) is 2.59. The Hall–Kier alpha value is -2.51. The van der Waals surface area contributed by atoms with E-state index in [-0.39, 0.29) is 5.91 Å². The van der Waals surface area contributed by atoms with Gasteiger partial charge in [0.2, 0.25) is 0 Å². The third-order valence-corrected chi connectivity index (χ3v) is 4.99. The molecular weight excluding hydrogens is 434 g/mol. The number of nitrogens with zero attached hydrogens (tertiary/aromatic N) is 2. The Kier molecular flexibility index (Phi) is 6.03. The molecule has 0 spiro atoms. The van der Waals surface area contributed by atoms with Gasteiger partial charge in [0, 0.05) is 16.1 Å². The third-order valence-electron chi connectivity index (χ3n) is 3.93. The van der Waals surface area contributed by atoms with Crippen molar-refractivity contribution in [1.29, 1.82) is 0 Å². The molecule has 8 heteroatoms. The summed E-state index contributed by atoms with van der Waals surface area (Å²) in [5.41, 5.74) is 1.40. The van der Waals surface area contributed by atoms with E-state index in [0.29, 0.717) is 34.4 Å². The maximum Gasteiger partial charge on any atom is 0.257 e. The molecule has 3 rings (SSSR count). The molecule has 0 saturated heterocycles. The van der Waals surface area contributed by atoms with Gasteiger partial charge < -0.3 is 14.8 Å². The molecule has 0 aliphatic carbocycles. The first kappa shape index (κ1) is 19.3. The summed E-state index contributed by atoms with van der Waals surface area (Å²) in [5.74, 6) is 1.01. The maximum atomic E-state index is 12.7. The number of hydrogen-bond acceptors (Lipinski definition) is 4. The van der Waals surface area contributed by atoms with Gasteiger partial charge in [0.25, 0.3) is 5.91 Å². The fourth-order valence-corrected chi connectivity index (χ4v) is 3.29. The molecule has 140 valence electrons. The topological polar surface area (TPSA) is 65.4 Å². The Balaban J connectivity index is 1.83. The van der Waals surface area contributed by atoms with E-state index in [1.807, 2.05) is 24.3 Å². The quantitative estimate of drug-likeness (QED) is 0.595. The highest BCUT2D eigenvalue weighted by Gasteiger charge is 2.16. The van der Waals surface area contributed by atoms with Gasteiger partial charge in [-0.3, -0.25) is 4.79 Å².